The summed E-state index contributed by atoms with van der Waals surface area (Å²) in [7, 11) is 2.00. The SMILES string of the molecule is CN1CC(c2c(Cl)cccc2Cl)=Cc2cnc(Nc3ccccc3)nc21. The first kappa shape index (κ1) is 16.9. The largest absolute Gasteiger partial charge is 0.355 e. The molecule has 2 heterocycles. The Morgan fingerprint density at radius 3 is 2.46 bits per heavy atom. The summed E-state index contributed by atoms with van der Waals surface area (Å²) in [5, 5.41) is 4.51. The third-order valence-corrected chi connectivity index (χ3v) is 4.84. The zero-order valence-corrected chi connectivity index (χ0v) is 15.6. The molecule has 1 aliphatic heterocycles. The van der Waals surface area contributed by atoms with Gasteiger partial charge in [0.1, 0.15) is 5.82 Å². The molecule has 0 saturated heterocycles. The number of hydrogen-bond donors (Lipinski definition) is 1. The summed E-state index contributed by atoms with van der Waals surface area (Å²) in [6, 6.07) is 15.4. The first-order chi connectivity index (χ1) is 12.6. The maximum absolute atomic E-state index is 6.37. The Hall–Kier alpha value is -2.56. The Morgan fingerprint density at radius 2 is 1.73 bits per heavy atom. The van der Waals surface area contributed by atoms with E-state index in [1.54, 1.807) is 0 Å². The fourth-order valence-corrected chi connectivity index (χ4v) is 3.66. The van der Waals surface area contributed by atoms with Crippen LogP contribution in [-0.2, 0) is 0 Å². The lowest BCUT2D eigenvalue weighted by molar-refractivity contribution is 0.972. The van der Waals surface area contributed by atoms with Gasteiger partial charge in [0.2, 0.25) is 5.95 Å². The second-order valence-corrected chi connectivity index (χ2v) is 6.90. The summed E-state index contributed by atoms with van der Waals surface area (Å²) < 4.78 is 0. The van der Waals surface area contributed by atoms with Crippen LogP contribution in [0.5, 0.6) is 0 Å². The lowest BCUT2D eigenvalue weighted by Gasteiger charge is -2.27. The van der Waals surface area contributed by atoms with Crippen molar-refractivity contribution in [2.45, 2.75) is 0 Å². The van der Waals surface area contributed by atoms with Gasteiger partial charge in [0.15, 0.2) is 0 Å². The molecule has 0 unspecified atom stereocenters. The van der Waals surface area contributed by atoms with Gasteiger partial charge in [-0.25, -0.2) is 4.98 Å². The van der Waals surface area contributed by atoms with Crippen molar-refractivity contribution in [2.75, 3.05) is 23.8 Å². The number of fused-ring (bicyclic) bond motifs is 1. The van der Waals surface area contributed by atoms with Crippen molar-refractivity contribution < 1.29 is 0 Å². The van der Waals surface area contributed by atoms with E-state index in [4.69, 9.17) is 23.2 Å². The molecule has 0 saturated carbocycles. The molecule has 0 spiro atoms. The van der Waals surface area contributed by atoms with E-state index in [-0.39, 0.29) is 0 Å². The molecule has 2 aromatic carbocycles. The minimum atomic E-state index is 0.564. The van der Waals surface area contributed by atoms with Gasteiger partial charge < -0.3 is 10.2 Å². The summed E-state index contributed by atoms with van der Waals surface area (Å²) in [4.78, 5) is 11.2. The summed E-state index contributed by atoms with van der Waals surface area (Å²) in [5.41, 5.74) is 3.79. The number of rotatable bonds is 3. The quantitative estimate of drug-likeness (QED) is 0.647. The fraction of sp³-hybridized carbons (Fsp3) is 0.100. The van der Waals surface area contributed by atoms with Gasteiger partial charge in [-0.2, -0.15) is 4.98 Å². The number of nitrogens with zero attached hydrogens (tertiary/aromatic N) is 3. The van der Waals surface area contributed by atoms with Crippen LogP contribution in [0.25, 0.3) is 11.6 Å². The molecule has 1 aromatic heterocycles. The third-order valence-electron chi connectivity index (χ3n) is 4.21. The van der Waals surface area contributed by atoms with E-state index < -0.39 is 0 Å². The molecular weight excluding hydrogens is 367 g/mol. The van der Waals surface area contributed by atoms with E-state index in [1.807, 2.05) is 61.8 Å². The van der Waals surface area contributed by atoms with Crippen LogP contribution in [0, 0.1) is 0 Å². The summed E-state index contributed by atoms with van der Waals surface area (Å²) in [6.07, 6.45) is 3.86. The average Bonchev–Trinajstić information content (AvgIpc) is 2.63. The lowest BCUT2D eigenvalue weighted by Crippen LogP contribution is -2.25. The normalized spacial score (nSPS) is 13.2. The van der Waals surface area contributed by atoms with Crippen LogP contribution < -0.4 is 10.2 Å². The molecule has 130 valence electrons. The molecule has 3 aromatic rings. The van der Waals surface area contributed by atoms with Crippen LogP contribution in [0.2, 0.25) is 10.0 Å². The molecule has 0 fully saturated rings. The van der Waals surface area contributed by atoms with Crippen LogP contribution in [0.1, 0.15) is 11.1 Å². The first-order valence-electron chi connectivity index (χ1n) is 8.17. The summed E-state index contributed by atoms with van der Waals surface area (Å²) in [6.45, 7) is 0.665. The average molecular weight is 383 g/mol. The zero-order chi connectivity index (χ0) is 18.1. The van der Waals surface area contributed by atoms with Crippen molar-refractivity contribution in [1.82, 2.24) is 9.97 Å². The molecule has 0 amide bonds. The molecular formula is C20H16Cl2N4. The van der Waals surface area contributed by atoms with E-state index in [1.165, 1.54) is 0 Å². The first-order valence-corrected chi connectivity index (χ1v) is 8.92. The van der Waals surface area contributed by atoms with E-state index in [9.17, 15) is 0 Å². The third kappa shape index (κ3) is 3.26. The number of likely N-dealkylation sites (N-methyl/N-ethyl adjacent to an activating group) is 1. The molecule has 0 bridgehead atoms. The second-order valence-electron chi connectivity index (χ2n) is 6.09. The van der Waals surface area contributed by atoms with Crippen LogP contribution in [-0.4, -0.2) is 23.6 Å². The van der Waals surface area contributed by atoms with Crippen molar-refractivity contribution >= 4 is 52.3 Å². The van der Waals surface area contributed by atoms with Gasteiger partial charge in [0.25, 0.3) is 0 Å². The minimum absolute atomic E-state index is 0.564. The standard InChI is InChI=1S/C20H16Cl2N4/c1-26-12-14(18-16(21)8-5-9-17(18)22)10-13-11-23-20(25-19(13)26)24-15-6-3-2-4-7-15/h2-11H,12H2,1H3,(H,23,24,25). The summed E-state index contributed by atoms with van der Waals surface area (Å²) >= 11 is 12.7. The monoisotopic (exact) mass is 382 g/mol. The highest BCUT2D eigenvalue weighted by Crippen LogP contribution is 2.37. The fourth-order valence-electron chi connectivity index (χ4n) is 3.02. The second kappa shape index (κ2) is 6.98. The highest BCUT2D eigenvalue weighted by molar-refractivity contribution is 6.38. The van der Waals surface area contributed by atoms with E-state index >= 15 is 0 Å². The van der Waals surface area contributed by atoms with Crippen LogP contribution in [0.3, 0.4) is 0 Å². The van der Waals surface area contributed by atoms with Gasteiger partial charge in [-0.15, -0.1) is 0 Å². The van der Waals surface area contributed by atoms with Crippen LogP contribution in [0.15, 0.2) is 54.7 Å². The van der Waals surface area contributed by atoms with Gasteiger partial charge in [-0.1, -0.05) is 47.5 Å². The minimum Gasteiger partial charge on any atom is -0.355 e. The van der Waals surface area contributed by atoms with E-state index in [0.717, 1.165) is 28.2 Å². The molecule has 4 nitrogen and oxygen atoms in total. The van der Waals surface area contributed by atoms with Gasteiger partial charge in [-0.3, -0.25) is 0 Å². The van der Waals surface area contributed by atoms with Crippen molar-refractivity contribution in [3.05, 3.63) is 75.9 Å². The molecule has 1 N–H and O–H groups in total. The van der Waals surface area contributed by atoms with Gasteiger partial charge in [-0.05, 0) is 35.9 Å². The predicted octanol–water partition coefficient (Wildman–Crippen LogP) is 5.52. The number of hydrogen-bond acceptors (Lipinski definition) is 4. The summed E-state index contributed by atoms with van der Waals surface area (Å²) in [5.74, 6) is 1.43. The number of halogens is 2. The molecule has 0 radical (unpaired) electrons. The van der Waals surface area contributed by atoms with Crippen molar-refractivity contribution in [3.8, 4) is 0 Å². The van der Waals surface area contributed by atoms with Gasteiger partial charge >= 0.3 is 0 Å². The highest BCUT2D eigenvalue weighted by atomic mass is 35.5. The molecule has 26 heavy (non-hydrogen) atoms. The Kier molecular flexibility index (Phi) is 4.53. The zero-order valence-electron chi connectivity index (χ0n) is 14.1. The van der Waals surface area contributed by atoms with Gasteiger partial charge in [0.05, 0.1) is 0 Å². The molecule has 6 heteroatoms. The maximum atomic E-state index is 6.37. The molecule has 0 aliphatic carbocycles. The van der Waals surface area contributed by atoms with E-state index in [0.29, 0.717) is 22.5 Å². The van der Waals surface area contributed by atoms with Gasteiger partial charge in [0, 0.05) is 46.6 Å². The van der Waals surface area contributed by atoms with Crippen molar-refractivity contribution in [2.24, 2.45) is 0 Å². The Morgan fingerprint density at radius 1 is 1.00 bits per heavy atom. The number of anilines is 3. The van der Waals surface area contributed by atoms with Crippen molar-refractivity contribution in [1.29, 1.82) is 0 Å². The predicted molar refractivity (Wildman–Crippen MR) is 109 cm³/mol. The smallest absolute Gasteiger partial charge is 0.229 e. The number of benzene rings is 2. The molecule has 1 aliphatic rings. The lowest BCUT2D eigenvalue weighted by atomic mass is 10.00. The van der Waals surface area contributed by atoms with E-state index in [2.05, 4.69) is 26.3 Å². The highest BCUT2D eigenvalue weighted by Gasteiger charge is 2.21. The van der Waals surface area contributed by atoms with Crippen LogP contribution >= 0.6 is 23.2 Å². The molecule has 4 rings (SSSR count). The topological polar surface area (TPSA) is 41.1 Å². The Balaban J connectivity index is 1.70. The van der Waals surface area contributed by atoms with Crippen molar-refractivity contribution in [3.63, 3.8) is 0 Å². The number of nitrogens with one attached hydrogen (secondary N) is 1. The number of aromatic nitrogens is 2. The Bertz CT molecular complexity index is 966. The Labute approximate surface area is 162 Å². The number of para-hydroxylation sites is 1. The van der Waals surface area contributed by atoms with Crippen LogP contribution in [0.4, 0.5) is 17.5 Å². The molecule has 0 atom stereocenters. The maximum Gasteiger partial charge on any atom is 0.229 e.